The highest BCUT2D eigenvalue weighted by molar-refractivity contribution is 8.76. The van der Waals surface area contributed by atoms with Gasteiger partial charge in [0.1, 0.15) is 0 Å². The van der Waals surface area contributed by atoms with Crippen molar-refractivity contribution in [3.8, 4) is 0 Å². The van der Waals surface area contributed by atoms with Crippen LogP contribution in [0.5, 0.6) is 0 Å². The lowest BCUT2D eigenvalue weighted by Crippen LogP contribution is -2.24. The van der Waals surface area contributed by atoms with Gasteiger partial charge >= 0.3 is 0 Å². The van der Waals surface area contributed by atoms with E-state index in [0.717, 1.165) is 22.6 Å². The minimum absolute atomic E-state index is 0.0908. The van der Waals surface area contributed by atoms with Crippen LogP contribution in [-0.4, -0.2) is 36.4 Å². The summed E-state index contributed by atoms with van der Waals surface area (Å²) < 4.78 is 0. The van der Waals surface area contributed by atoms with Gasteiger partial charge in [0.15, 0.2) is 0 Å². The number of amides is 2. The molecule has 0 aliphatic rings. The minimum atomic E-state index is -0.0908. The number of hydrogen-bond donors (Lipinski definition) is 2. The fourth-order valence-electron chi connectivity index (χ4n) is 2.14. The molecule has 0 fully saturated rings. The number of carbonyl (C=O) groups excluding carboxylic acids is 2. The van der Waals surface area contributed by atoms with Gasteiger partial charge in [-0.2, -0.15) is 0 Å². The third-order valence-electron chi connectivity index (χ3n) is 3.51. The van der Waals surface area contributed by atoms with E-state index in [1.807, 2.05) is 60.7 Å². The molecule has 0 aliphatic heterocycles. The molecule has 6 heteroatoms. The van der Waals surface area contributed by atoms with E-state index in [-0.39, 0.29) is 11.8 Å². The van der Waals surface area contributed by atoms with E-state index in [1.54, 1.807) is 45.9 Å². The zero-order valence-electron chi connectivity index (χ0n) is 15.5. The van der Waals surface area contributed by atoms with E-state index in [2.05, 4.69) is 10.6 Å². The summed E-state index contributed by atoms with van der Waals surface area (Å²) in [6.45, 7) is 1.23. The number of nitrogens with one attached hydrogen (secondary N) is 2. The Bertz CT molecular complexity index is 710. The van der Waals surface area contributed by atoms with Crippen LogP contribution in [0.1, 0.15) is 11.1 Å². The Kier molecular flexibility index (Phi) is 10.7. The van der Waals surface area contributed by atoms with Crippen LogP contribution in [0.2, 0.25) is 0 Å². The largest absolute Gasteiger partial charge is 0.352 e. The molecule has 0 spiro atoms. The van der Waals surface area contributed by atoms with Crippen molar-refractivity contribution in [2.45, 2.75) is 0 Å². The molecule has 2 N–H and O–H groups in total. The Hall–Kier alpha value is -2.44. The van der Waals surface area contributed by atoms with E-state index in [9.17, 15) is 9.59 Å². The van der Waals surface area contributed by atoms with Gasteiger partial charge in [-0.1, -0.05) is 82.3 Å². The van der Waals surface area contributed by atoms with Crippen LogP contribution < -0.4 is 10.6 Å². The summed E-state index contributed by atoms with van der Waals surface area (Å²) in [6.07, 6.45) is 6.69. The topological polar surface area (TPSA) is 58.2 Å². The van der Waals surface area contributed by atoms with Crippen molar-refractivity contribution in [2.75, 3.05) is 24.6 Å². The van der Waals surface area contributed by atoms with Crippen LogP contribution in [0.4, 0.5) is 0 Å². The maximum Gasteiger partial charge on any atom is 0.244 e. The van der Waals surface area contributed by atoms with Gasteiger partial charge in [0, 0.05) is 36.7 Å². The van der Waals surface area contributed by atoms with Crippen LogP contribution in [-0.2, 0) is 9.59 Å². The van der Waals surface area contributed by atoms with Crippen molar-refractivity contribution >= 4 is 45.6 Å². The van der Waals surface area contributed by atoms with Crippen LogP contribution in [0.3, 0.4) is 0 Å². The fourth-order valence-corrected chi connectivity index (χ4v) is 3.95. The highest BCUT2D eigenvalue weighted by atomic mass is 33.1. The SMILES string of the molecule is O=C(/C=C/c1ccccc1)NCCSSCCNC(=O)/C=C/c1ccccc1. The molecule has 2 aromatic rings. The summed E-state index contributed by atoms with van der Waals surface area (Å²) in [4.78, 5) is 23.4. The minimum Gasteiger partial charge on any atom is -0.352 e. The summed E-state index contributed by atoms with van der Waals surface area (Å²) in [6, 6.07) is 19.4. The van der Waals surface area contributed by atoms with Gasteiger partial charge in [0.25, 0.3) is 0 Å². The van der Waals surface area contributed by atoms with Crippen LogP contribution >= 0.6 is 21.6 Å². The lowest BCUT2D eigenvalue weighted by Gasteiger charge is -2.03. The molecule has 2 amide bonds. The molecular formula is C22H24N2O2S2. The molecule has 0 aliphatic carbocycles. The average molecular weight is 413 g/mol. The Morgan fingerprint density at radius 1 is 0.679 bits per heavy atom. The molecule has 0 radical (unpaired) electrons. The number of carbonyl (C=O) groups is 2. The van der Waals surface area contributed by atoms with Crippen molar-refractivity contribution in [2.24, 2.45) is 0 Å². The van der Waals surface area contributed by atoms with Gasteiger partial charge in [-0.05, 0) is 23.3 Å². The smallest absolute Gasteiger partial charge is 0.244 e. The highest BCUT2D eigenvalue weighted by Gasteiger charge is 1.97. The molecule has 0 saturated heterocycles. The quantitative estimate of drug-likeness (QED) is 0.332. The Balaban J connectivity index is 1.46. The molecule has 146 valence electrons. The lowest BCUT2D eigenvalue weighted by atomic mass is 10.2. The van der Waals surface area contributed by atoms with Gasteiger partial charge in [-0.25, -0.2) is 0 Å². The van der Waals surface area contributed by atoms with Crippen molar-refractivity contribution in [3.63, 3.8) is 0 Å². The predicted molar refractivity (Wildman–Crippen MR) is 122 cm³/mol. The van der Waals surface area contributed by atoms with Crippen molar-refractivity contribution in [1.29, 1.82) is 0 Å². The molecule has 0 unspecified atom stereocenters. The fraction of sp³-hybridized carbons (Fsp3) is 0.182. The summed E-state index contributed by atoms with van der Waals surface area (Å²) in [7, 11) is 3.36. The van der Waals surface area contributed by atoms with E-state index in [1.165, 1.54) is 0 Å². The second kappa shape index (κ2) is 13.7. The van der Waals surface area contributed by atoms with Gasteiger partial charge in [0.05, 0.1) is 0 Å². The van der Waals surface area contributed by atoms with E-state index < -0.39 is 0 Å². The first-order valence-electron chi connectivity index (χ1n) is 9.00. The summed E-state index contributed by atoms with van der Waals surface area (Å²) >= 11 is 0. The molecule has 2 rings (SSSR count). The summed E-state index contributed by atoms with van der Waals surface area (Å²) in [5, 5.41) is 5.71. The molecule has 0 saturated carbocycles. The molecule has 0 heterocycles. The lowest BCUT2D eigenvalue weighted by molar-refractivity contribution is -0.117. The average Bonchev–Trinajstić information content (AvgIpc) is 2.74. The van der Waals surface area contributed by atoms with Crippen molar-refractivity contribution in [1.82, 2.24) is 10.6 Å². The Morgan fingerprint density at radius 2 is 1.07 bits per heavy atom. The van der Waals surface area contributed by atoms with Crippen molar-refractivity contribution in [3.05, 3.63) is 83.9 Å². The standard InChI is InChI=1S/C22H24N2O2S2/c25-21(13-11-19-7-3-1-4-8-19)23-15-17-27-28-18-16-24-22(26)14-12-20-9-5-2-6-10-20/h1-14H,15-18H2,(H,23,25)(H,24,26)/b13-11+,14-12+. The molecule has 0 bridgehead atoms. The summed E-state index contributed by atoms with van der Waals surface area (Å²) in [5.41, 5.74) is 2.01. The van der Waals surface area contributed by atoms with Crippen molar-refractivity contribution < 1.29 is 9.59 Å². The highest BCUT2D eigenvalue weighted by Crippen LogP contribution is 2.19. The predicted octanol–water partition coefficient (Wildman–Crippen LogP) is 4.03. The van der Waals surface area contributed by atoms with Crippen LogP contribution in [0, 0.1) is 0 Å². The number of rotatable bonds is 11. The molecule has 28 heavy (non-hydrogen) atoms. The summed E-state index contributed by atoms with van der Waals surface area (Å²) in [5.74, 6) is 1.45. The third kappa shape index (κ3) is 10.0. The maximum atomic E-state index is 11.7. The van der Waals surface area contributed by atoms with Gasteiger partial charge in [-0.3, -0.25) is 9.59 Å². The first-order valence-corrected chi connectivity index (χ1v) is 11.5. The van der Waals surface area contributed by atoms with Gasteiger partial charge < -0.3 is 10.6 Å². The second-order valence-electron chi connectivity index (χ2n) is 5.71. The van der Waals surface area contributed by atoms with Crippen LogP contribution in [0.15, 0.2) is 72.8 Å². The second-order valence-corrected chi connectivity index (χ2v) is 8.42. The molecule has 2 aromatic carbocycles. The van der Waals surface area contributed by atoms with Gasteiger partial charge in [-0.15, -0.1) is 0 Å². The van der Waals surface area contributed by atoms with E-state index in [0.29, 0.717) is 13.1 Å². The van der Waals surface area contributed by atoms with Crippen LogP contribution in [0.25, 0.3) is 12.2 Å². The monoisotopic (exact) mass is 412 g/mol. The normalized spacial score (nSPS) is 11.0. The Morgan fingerprint density at radius 3 is 1.46 bits per heavy atom. The Labute approximate surface area is 174 Å². The molecule has 0 aromatic heterocycles. The van der Waals surface area contributed by atoms with Gasteiger partial charge in [0.2, 0.25) is 11.8 Å². The van der Waals surface area contributed by atoms with E-state index >= 15 is 0 Å². The zero-order valence-corrected chi connectivity index (χ0v) is 17.2. The first-order chi connectivity index (χ1) is 13.7. The molecule has 4 nitrogen and oxygen atoms in total. The maximum absolute atomic E-state index is 11.7. The number of hydrogen-bond acceptors (Lipinski definition) is 4. The zero-order chi connectivity index (χ0) is 19.9. The number of benzene rings is 2. The molecule has 0 atom stereocenters. The first kappa shape index (κ1) is 21.9. The third-order valence-corrected chi connectivity index (χ3v) is 5.91. The molecular weight excluding hydrogens is 388 g/mol. The van der Waals surface area contributed by atoms with E-state index in [4.69, 9.17) is 0 Å².